The molecule has 0 aromatic heterocycles. The maximum Gasteiger partial charge on any atom is 0.0386 e. The van der Waals surface area contributed by atoms with Gasteiger partial charge in [0, 0.05) is 35.8 Å². The molecule has 3 heteroatoms. The van der Waals surface area contributed by atoms with Crippen LogP contribution in [0.5, 0.6) is 0 Å². The van der Waals surface area contributed by atoms with Crippen LogP contribution in [0.15, 0.2) is 28.7 Å². The summed E-state index contributed by atoms with van der Waals surface area (Å²) < 4.78 is 1.14. The molecule has 1 aromatic carbocycles. The Morgan fingerprint density at radius 1 is 1.36 bits per heavy atom. The van der Waals surface area contributed by atoms with E-state index in [0.29, 0.717) is 6.04 Å². The molecule has 1 unspecified atom stereocenters. The maximum atomic E-state index is 3.45. The SMILES string of the molecule is CC1CNCCN1c1ccc(Br)cc1. The first-order valence-electron chi connectivity index (χ1n) is 5.00. The quantitative estimate of drug-likeness (QED) is 0.828. The molecule has 1 fully saturated rings. The van der Waals surface area contributed by atoms with Crippen LogP contribution >= 0.6 is 15.9 Å². The number of piperazine rings is 1. The van der Waals surface area contributed by atoms with Crippen molar-refractivity contribution in [3.63, 3.8) is 0 Å². The van der Waals surface area contributed by atoms with Crippen molar-refractivity contribution in [3.8, 4) is 0 Å². The van der Waals surface area contributed by atoms with E-state index < -0.39 is 0 Å². The van der Waals surface area contributed by atoms with E-state index in [1.807, 2.05) is 0 Å². The van der Waals surface area contributed by atoms with Crippen LogP contribution in [0.4, 0.5) is 5.69 Å². The van der Waals surface area contributed by atoms with Gasteiger partial charge in [0.25, 0.3) is 0 Å². The third-order valence-corrected chi connectivity index (χ3v) is 3.19. The van der Waals surface area contributed by atoms with Crippen molar-refractivity contribution in [3.05, 3.63) is 28.7 Å². The number of nitrogens with zero attached hydrogens (tertiary/aromatic N) is 1. The van der Waals surface area contributed by atoms with Crippen molar-refractivity contribution in [1.82, 2.24) is 5.32 Å². The summed E-state index contributed by atoms with van der Waals surface area (Å²) in [4.78, 5) is 2.45. The van der Waals surface area contributed by atoms with E-state index in [9.17, 15) is 0 Å². The van der Waals surface area contributed by atoms with Crippen LogP contribution in [0.3, 0.4) is 0 Å². The van der Waals surface area contributed by atoms with Gasteiger partial charge in [-0.05, 0) is 31.2 Å². The molecule has 1 aromatic rings. The zero-order chi connectivity index (χ0) is 9.97. The Hall–Kier alpha value is -0.540. The van der Waals surface area contributed by atoms with Crippen molar-refractivity contribution in [2.45, 2.75) is 13.0 Å². The molecule has 0 spiro atoms. The summed E-state index contributed by atoms with van der Waals surface area (Å²) in [6.07, 6.45) is 0. The van der Waals surface area contributed by atoms with E-state index in [1.54, 1.807) is 0 Å². The lowest BCUT2D eigenvalue weighted by atomic mass is 10.2. The van der Waals surface area contributed by atoms with Crippen LogP contribution in [0.25, 0.3) is 0 Å². The molecule has 0 aliphatic carbocycles. The van der Waals surface area contributed by atoms with E-state index in [1.165, 1.54) is 5.69 Å². The van der Waals surface area contributed by atoms with Gasteiger partial charge < -0.3 is 10.2 Å². The number of nitrogens with one attached hydrogen (secondary N) is 1. The van der Waals surface area contributed by atoms with Gasteiger partial charge in [-0.2, -0.15) is 0 Å². The molecule has 0 amide bonds. The van der Waals surface area contributed by atoms with Gasteiger partial charge in [-0.3, -0.25) is 0 Å². The third-order valence-electron chi connectivity index (χ3n) is 2.66. The number of halogens is 1. The smallest absolute Gasteiger partial charge is 0.0386 e. The van der Waals surface area contributed by atoms with Gasteiger partial charge in [0.15, 0.2) is 0 Å². The molecule has 1 N–H and O–H groups in total. The van der Waals surface area contributed by atoms with E-state index in [2.05, 4.69) is 57.3 Å². The van der Waals surface area contributed by atoms with Crippen LogP contribution in [-0.4, -0.2) is 25.7 Å². The fraction of sp³-hybridized carbons (Fsp3) is 0.455. The normalized spacial score (nSPS) is 22.4. The summed E-state index contributed by atoms with van der Waals surface area (Å²) in [6.45, 7) is 5.52. The molecule has 0 saturated carbocycles. The van der Waals surface area contributed by atoms with Gasteiger partial charge in [-0.1, -0.05) is 15.9 Å². The molecule has 0 radical (unpaired) electrons. The minimum Gasteiger partial charge on any atom is -0.366 e. The van der Waals surface area contributed by atoms with Gasteiger partial charge in [0.2, 0.25) is 0 Å². The van der Waals surface area contributed by atoms with Gasteiger partial charge in [-0.25, -0.2) is 0 Å². The van der Waals surface area contributed by atoms with Crippen molar-refractivity contribution in [2.24, 2.45) is 0 Å². The minimum atomic E-state index is 0.588. The summed E-state index contributed by atoms with van der Waals surface area (Å²) in [6, 6.07) is 9.14. The number of rotatable bonds is 1. The van der Waals surface area contributed by atoms with Crippen molar-refractivity contribution in [1.29, 1.82) is 0 Å². The minimum absolute atomic E-state index is 0.588. The molecule has 0 bridgehead atoms. The highest BCUT2D eigenvalue weighted by atomic mass is 79.9. The first kappa shape index (κ1) is 9.99. The van der Waals surface area contributed by atoms with Crippen LogP contribution in [0.2, 0.25) is 0 Å². The second kappa shape index (κ2) is 4.32. The molecule has 1 atom stereocenters. The van der Waals surface area contributed by atoms with Gasteiger partial charge in [-0.15, -0.1) is 0 Å². The van der Waals surface area contributed by atoms with Crippen LogP contribution in [0, 0.1) is 0 Å². The highest BCUT2D eigenvalue weighted by Crippen LogP contribution is 2.20. The highest BCUT2D eigenvalue weighted by molar-refractivity contribution is 9.10. The molecule has 14 heavy (non-hydrogen) atoms. The zero-order valence-electron chi connectivity index (χ0n) is 8.33. The molecule has 1 aliphatic rings. The second-order valence-electron chi connectivity index (χ2n) is 3.72. The fourth-order valence-electron chi connectivity index (χ4n) is 1.86. The Labute approximate surface area is 93.4 Å². The molecular formula is C11H15BrN2. The molecule has 1 heterocycles. The Balaban J connectivity index is 2.16. The predicted octanol–water partition coefficient (Wildman–Crippen LogP) is 2.25. The fourth-order valence-corrected chi connectivity index (χ4v) is 2.12. The van der Waals surface area contributed by atoms with Gasteiger partial charge in [0.05, 0.1) is 0 Å². The van der Waals surface area contributed by atoms with E-state index in [4.69, 9.17) is 0 Å². The average molecular weight is 255 g/mol. The predicted molar refractivity (Wildman–Crippen MR) is 63.8 cm³/mol. The Kier molecular flexibility index (Phi) is 3.08. The molecule has 1 saturated heterocycles. The Bertz CT molecular complexity index is 297. The number of hydrogen-bond donors (Lipinski definition) is 1. The van der Waals surface area contributed by atoms with Crippen molar-refractivity contribution >= 4 is 21.6 Å². The summed E-state index contributed by atoms with van der Waals surface area (Å²) >= 11 is 3.45. The summed E-state index contributed by atoms with van der Waals surface area (Å²) in [7, 11) is 0. The lowest BCUT2D eigenvalue weighted by Crippen LogP contribution is -2.49. The summed E-state index contributed by atoms with van der Waals surface area (Å²) in [5, 5.41) is 3.39. The number of hydrogen-bond acceptors (Lipinski definition) is 2. The van der Waals surface area contributed by atoms with Crippen LogP contribution in [0.1, 0.15) is 6.92 Å². The Morgan fingerprint density at radius 2 is 2.07 bits per heavy atom. The van der Waals surface area contributed by atoms with Crippen molar-refractivity contribution in [2.75, 3.05) is 24.5 Å². The van der Waals surface area contributed by atoms with E-state index >= 15 is 0 Å². The third kappa shape index (κ3) is 2.10. The topological polar surface area (TPSA) is 15.3 Å². The van der Waals surface area contributed by atoms with Crippen LogP contribution < -0.4 is 10.2 Å². The van der Waals surface area contributed by atoms with E-state index in [0.717, 1.165) is 24.1 Å². The summed E-state index contributed by atoms with van der Waals surface area (Å²) in [5.41, 5.74) is 1.32. The maximum absolute atomic E-state index is 3.45. The first-order valence-corrected chi connectivity index (χ1v) is 5.79. The average Bonchev–Trinajstić information content (AvgIpc) is 2.20. The van der Waals surface area contributed by atoms with Gasteiger partial charge in [0.1, 0.15) is 0 Å². The molecule has 2 rings (SSSR count). The number of anilines is 1. The van der Waals surface area contributed by atoms with Gasteiger partial charge >= 0.3 is 0 Å². The molecule has 2 nitrogen and oxygen atoms in total. The molecule has 76 valence electrons. The van der Waals surface area contributed by atoms with E-state index in [-0.39, 0.29) is 0 Å². The molecular weight excluding hydrogens is 240 g/mol. The number of benzene rings is 1. The Morgan fingerprint density at radius 3 is 2.71 bits per heavy atom. The second-order valence-corrected chi connectivity index (χ2v) is 4.64. The summed E-state index contributed by atoms with van der Waals surface area (Å²) in [5.74, 6) is 0. The largest absolute Gasteiger partial charge is 0.366 e. The van der Waals surface area contributed by atoms with Crippen LogP contribution in [-0.2, 0) is 0 Å². The molecule has 1 aliphatic heterocycles. The lowest BCUT2D eigenvalue weighted by Gasteiger charge is -2.35. The standard InChI is InChI=1S/C11H15BrN2/c1-9-8-13-6-7-14(9)11-4-2-10(12)3-5-11/h2-5,9,13H,6-8H2,1H3. The monoisotopic (exact) mass is 254 g/mol. The highest BCUT2D eigenvalue weighted by Gasteiger charge is 2.17. The first-order chi connectivity index (χ1) is 6.77. The lowest BCUT2D eigenvalue weighted by molar-refractivity contribution is 0.501. The zero-order valence-corrected chi connectivity index (χ0v) is 9.92. The van der Waals surface area contributed by atoms with Crippen molar-refractivity contribution < 1.29 is 0 Å².